The smallest absolute Gasteiger partial charge is 0.273 e. The number of aromatic nitrogens is 2. The molecule has 0 saturated heterocycles. The highest BCUT2D eigenvalue weighted by molar-refractivity contribution is 9.10. The van der Waals surface area contributed by atoms with E-state index >= 15 is 0 Å². The number of carbonyl (C=O) groups is 1. The highest BCUT2D eigenvalue weighted by Gasteiger charge is 2.29. The van der Waals surface area contributed by atoms with Gasteiger partial charge in [-0.05, 0) is 66.8 Å². The third-order valence-corrected chi connectivity index (χ3v) is 7.43. The lowest BCUT2D eigenvalue weighted by Crippen LogP contribution is -2.15. The first-order chi connectivity index (χ1) is 17.1. The van der Waals surface area contributed by atoms with Gasteiger partial charge in [0.2, 0.25) is 0 Å². The molecule has 0 spiro atoms. The highest BCUT2D eigenvalue weighted by atomic mass is 79.9. The lowest BCUT2D eigenvalue weighted by Gasteiger charge is -2.10. The molecule has 0 unspecified atom stereocenters. The van der Waals surface area contributed by atoms with Crippen LogP contribution in [0, 0.1) is 0 Å². The Bertz CT molecular complexity index is 1530. The molecule has 3 aromatic carbocycles. The molecule has 1 N–H and O–H groups in total. The Kier molecular flexibility index (Phi) is 5.75. The zero-order chi connectivity index (χ0) is 23.9. The van der Waals surface area contributed by atoms with Gasteiger partial charge in [-0.15, -0.1) is 0 Å². The number of aryl methyl sites for hydroxylation is 2. The van der Waals surface area contributed by atoms with E-state index in [0.29, 0.717) is 10.7 Å². The molecule has 0 fully saturated rings. The molecule has 1 amide bonds. The van der Waals surface area contributed by atoms with Crippen molar-refractivity contribution in [3.8, 4) is 22.4 Å². The summed E-state index contributed by atoms with van der Waals surface area (Å²) in [6.45, 7) is 0.915. The standard InChI is InChI=1S/C29H23BrClN3O/c30-21-13-9-19(10-14-21)25-18-34-27(28(35)32-23-6-2-1-3-7-23)26(20-11-15-22(31)16-12-20)24-8-4-5-17-33(25)29(24)34/h1-3,6-7,9-16,18H,4-5,8,17H2,(H,32,35). The van der Waals surface area contributed by atoms with E-state index in [1.807, 2.05) is 54.6 Å². The monoisotopic (exact) mass is 543 g/mol. The van der Waals surface area contributed by atoms with Crippen molar-refractivity contribution in [2.75, 3.05) is 5.32 Å². The average Bonchev–Trinajstić information content (AvgIpc) is 3.28. The Hall–Kier alpha value is -3.28. The van der Waals surface area contributed by atoms with Crippen LogP contribution in [-0.4, -0.2) is 14.9 Å². The minimum atomic E-state index is -0.123. The first-order valence-electron chi connectivity index (χ1n) is 11.7. The molecule has 1 aliphatic rings. The first kappa shape index (κ1) is 22.2. The third kappa shape index (κ3) is 3.99. The molecule has 0 saturated carbocycles. The molecule has 0 atom stereocenters. The van der Waals surface area contributed by atoms with Crippen molar-refractivity contribution >= 4 is 44.8 Å². The summed E-state index contributed by atoms with van der Waals surface area (Å²) >= 11 is 9.75. The van der Waals surface area contributed by atoms with Gasteiger partial charge in [-0.1, -0.05) is 70.0 Å². The van der Waals surface area contributed by atoms with Crippen LogP contribution in [0.25, 0.3) is 28.0 Å². The van der Waals surface area contributed by atoms with E-state index in [0.717, 1.165) is 64.0 Å². The fourth-order valence-corrected chi connectivity index (χ4v) is 5.49. The number of anilines is 1. The van der Waals surface area contributed by atoms with Crippen LogP contribution < -0.4 is 5.32 Å². The van der Waals surface area contributed by atoms with Gasteiger partial charge in [-0.25, -0.2) is 0 Å². The number of rotatable bonds is 4. The summed E-state index contributed by atoms with van der Waals surface area (Å²) in [5.41, 5.74) is 7.98. The van der Waals surface area contributed by atoms with E-state index in [2.05, 4.69) is 60.7 Å². The summed E-state index contributed by atoms with van der Waals surface area (Å²) in [5.74, 6) is -0.123. The molecule has 6 rings (SSSR count). The number of nitrogens with zero attached hydrogens (tertiary/aromatic N) is 2. The van der Waals surface area contributed by atoms with Crippen LogP contribution in [0.4, 0.5) is 5.69 Å². The van der Waals surface area contributed by atoms with Crippen LogP contribution in [0.5, 0.6) is 0 Å². The van der Waals surface area contributed by atoms with Gasteiger partial charge < -0.3 is 9.88 Å². The number of para-hydroxylation sites is 1. The molecule has 1 aliphatic heterocycles. The summed E-state index contributed by atoms with van der Waals surface area (Å²) in [4.78, 5) is 13.9. The van der Waals surface area contributed by atoms with Crippen molar-refractivity contribution in [3.63, 3.8) is 0 Å². The van der Waals surface area contributed by atoms with Crippen LogP contribution in [0.3, 0.4) is 0 Å². The summed E-state index contributed by atoms with van der Waals surface area (Å²) < 4.78 is 5.52. The fraction of sp³-hybridized carbons (Fsp3) is 0.138. The fourth-order valence-electron chi connectivity index (χ4n) is 5.10. The number of halogens is 2. The second kappa shape index (κ2) is 9.06. The van der Waals surface area contributed by atoms with Gasteiger partial charge in [0.25, 0.3) is 5.91 Å². The van der Waals surface area contributed by atoms with Crippen LogP contribution in [0.15, 0.2) is 89.5 Å². The normalized spacial score (nSPS) is 13.1. The van der Waals surface area contributed by atoms with E-state index in [1.165, 1.54) is 5.56 Å². The molecular weight excluding hydrogens is 522 g/mol. The number of nitrogens with one attached hydrogen (secondary N) is 1. The predicted octanol–water partition coefficient (Wildman–Crippen LogP) is 8.08. The van der Waals surface area contributed by atoms with Crippen LogP contribution in [0.1, 0.15) is 28.9 Å². The number of imidazole rings is 1. The first-order valence-corrected chi connectivity index (χ1v) is 12.9. The lowest BCUT2D eigenvalue weighted by atomic mass is 9.97. The number of benzene rings is 3. The van der Waals surface area contributed by atoms with Crippen molar-refractivity contribution < 1.29 is 4.79 Å². The number of carbonyl (C=O) groups excluding carboxylic acids is 1. The second-order valence-corrected chi connectivity index (χ2v) is 10.2. The zero-order valence-corrected chi connectivity index (χ0v) is 21.3. The summed E-state index contributed by atoms with van der Waals surface area (Å²) in [6.07, 6.45) is 5.20. The van der Waals surface area contributed by atoms with E-state index < -0.39 is 0 Å². The van der Waals surface area contributed by atoms with Crippen molar-refractivity contribution in [1.29, 1.82) is 0 Å². The van der Waals surface area contributed by atoms with Crippen molar-refractivity contribution in [2.24, 2.45) is 0 Å². The van der Waals surface area contributed by atoms with Gasteiger partial charge >= 0.3 is 0 Å². The molecule has 3 heterocycles. The second-order valence-electron chi connectivity index (χ2n) is 8.85. The molecule has 35 heavy (non-hydrogen) atoms. The van der Waals surface area contributed by atoms with Gasteiger partial charge in [0.1, 0.15) is 11.3 Å². The van der Waals surface area contributed by atoms with E-state index in [9.17, 15) is 4.79 Å². The van der Waals surface area contributed by atoms with E-state index in [4.69, 9.17) is 11.6 Å². The number of hydrogen-bond donors (Lipinski definition) is 1. The van der Waals surface area contributed by atoms with Gasteiger partial charge in [0.05, 0.1) is 5.69 Å². The van der Waals surface area contributed by atoms with Crippen LogP contribution in [0.2, 0.25) is 5.02 Å². The maximum absolute atomic E-state index is 13.9. The van der Waals surface area contributed by atoms with Gasteiger partial charge in [-0.3, -0.25) is 9.20 Å². The molecule has 6 heteroatoms. The van der Waals surface area contributed by atoms with Gasteiger partial charge in [0, 0.05) is 39.1 Å². The molecule has 4 nitrogen and oxygen atoms in total. The molecule has 174 valence electrons. The summed E-state index contributed by atoms with van der Waals surface area (Å²) in [7, 11) is 0. The maximum Gasteiger partial charge on any atom is 0.273 e. The van der Waals surface area contributed by atoms with E-state index in [1.54, 1.807) is 0 Å². The molecule has 0 bridgehead atoms. The van der Waals surface area contributed by atoms with E-state index in [-0.39, 0.29) is 5.91 Å². The Morgan fingerprint density at radius 2 is 1.60 bits per heavy atom. The van der Waals surface area contributed by atoms with Crippen molar-refractivity contribution in [1.82, 2.24) is 8.97 Å². The maximum atomic E-state index is 13.9. The minimum absolute atomic E-state index is 0.123. The van der Waals surface area contributed by atoms with Gasteiger partial charge in [0.15, 0.2) is 0 Å². The Labute approximate surface area is 217 Å². The third-order valence-electron chi connectivity index (χ3n) is 6.65. The highest BCUT2D eigenvalue weighted by Crippen LogP contribution is 2.40. The quantitative estimate of drug-likeness (QED) is 0.244. The molecule has 0 radical (unpaired) electrons. The van der Waals surface area contributed by atoms with Gasteiger partial charge in [-0.2, -0.15) is 0 Å². The molecular formula is C29H23BrClN3O. The average molecular weight is 545 g/mol. The lowest BCUT2D eigenvalue weighted by molar-refractivity contribution is 0.102. The molecule has 5 aromatic rings. The Morgan fingerprint density at radius 3 is 2.34 bits per heavy atom. The zero-order valence-electron chi connectivity index (χ0n) is 19.0. The Morgan fingerprint density at radius 1 is 0.886 bits per heavy atom. The number of hydrogen-bond acceptors (Lipinski definition) is 1. The SMILES string of the molecule is O=C(Nc1ccccc1)c1c(-c2ccc(Cl)cc2)c2c3n(c(-c4ccc(Br)cc4)cn13)CCCC2. The number of amides is 1. The van der Waals surface area contributed by atoms with Crippen molar-refractivity contribution in [3.05, 3.63) is 106 Å². The van der Waals surface area contributed by atoms with Crippen molar-refractivity contribution in [2.45, 2.75) is 25.8 Å². The summed E-state index contributed by atoms with van der Waals surface area (Å²) in [5, 5.41) is 3.80. The molecule has 0 aliphatic carbocycles. The summed E-state index contributed by atoms with van der Waals surface area (Å²) in [6, 6.07) is 25.8. The molecule has 2 aromatic heterocycles. The predicted molar refractivity (Wildman–Crippen MR) is 146 cm³/mol. The van der Waals surface area contributed by atoms with Crippen LogP contribution >= 0.6 is 27.5 Å². The minimum Gasteiger partial charge on any atom is -0.325 e. The topological polar surface area (TPSA) is 38.4 Å². The van der Waals surface area contributed by atoms with Crippen LogP contribution in [-0.2, 0) is 13.0 Å². The largest absolute Gasteiger partial charge is 0.325 e. The Balaban J connectivity index is 1.62.